The molecule has 0 aliphatic heterocycles. The van der Waals surface area contributed by atoms with E-state index in [4.69, 9.17) is 0 Å². The fraction of sp³-hybridized carbons (Fsp3) is 0.667. The molecule has 2 aliphatic rings. The predicted octanol–water partition coefficient (Wildman–Crippen LogP) is 2.31. The van der Waals surface area contributed by atoms with Crippen molar-refractivity contribution in [3.63, 3.8) is 0 Å². The quantitative estimate of drug-likeness (QED) is 0.926. The Morgan fingerprint density at radius 3 is 2.30 bits per heavy atom. The normalized spacial score (nSPS) is 29.6. The van der Waals surface area contributed by atoms with E-state index >= 15 is 0 Å². The van der Waals surface area contributed by atoms with Gasteiger partial charge < -0.3 is 15.1 Å². The number of nitrogens with one attached hydrogen (secondary N) is 1. The SMILES string of the molecule is CNc1ncccc1C(=O)N(C)C1C[C@H]2CC(N(C)C)C[C@H]2C1. The first kappa shape index (κ1) is 16.2. The van der Waals surface area contributed by atoms with Gasteiger partial charge in [0.05, 0.1) is 5.56 Å². The van der Waals surface area contributed by atoms with Crippen LogP contribution in [0.3, 0.4) is 0 Å². The number of carbonyl (C=O) groups excluding carboxylic acids is 1. The highest BCUT2D eigenvalue weighted by Gasteiger charge is 2.44. The number of nitrogens with zero attached hydrogens (tertiary/aromatic N) is 3. The first-order valence-corrected chi connectivity index (χ1v) is 8.57. The molecule has 2 fully saturated rings. The zero-order chi connectivity index (χ0) is 16.6. The molecule has 1 N–H and O–H groups in total. The molecular weight excluding hydrogens is 288 g/mol. The van der Waals surface area contributed by atoms with E-state index in [-0.39, 0.29) is 5.91 Å². The standard InChI is InChI=1S/C18H28N4O/c1-19-17-16(6-5-7-20-17)18(23)22(4)15-10-12-8-14(21(2)3)9-13(12)11-15/h5-7,12-15H,8-11H2,1-4H3,(H,19,20)/t12-,13+,14?,15?. The molecule has 0 saturated heterocycles. The second kappa shape index (κ2) is 6.48. The molecule has 1 aromatic heterocycles. The maximum atomic E-state index is 12.8. The first-order valence-electron chi connectivity index (χ1n) is 8.57. The maximum Gasteiger partial charge on any atom is 0.257 e. The molecule has 5 heteroatoms. The van der Waals surface area contributed by atoms with Gasteiger partial charge in [-0.1, -0.05) is 0 Å². The molecule has 2 saturated carbocycles. The van der Waals surface area contributed by atoms with Crippen LogP contribution in [-0.2, 0) is 0 Å². The van der Waals surface area contributed by atoms with Gasteiger partial charge in [-0.2, -0.15) is 0 Å². The van der Waals surface area contributed by atoms with Crippen molar-refractivity contribution in [2.75, 3.05) is 33.5 Å². The molecular formula is C18H28N4O. The van der Waals surface area contributed by atoms with Crippen LogP contribution in [0.15, 0.2) is 18.3 Å². The average Bonchev–Trinajstić information content (AvgIpc) is 3.12. The van der Waals surface area contributed by atoms with Crippen LogP contribution in [0.4, 0.5) is 5.82 Å². The third-order valence-electron chi connectivity index (χ3n) is 5.84. The second-order valence-electron chi connectivity index (χ2n) is 7.30. The third-order valence-corrected chi connectivity index (χ3v) is 5.84. The van der Waals surface area contributed by atoms with Crippen molar-refractivity contribution < 1.29 is 4.79 Å². The smallest absolute Gasteiger partial charge is 0.257 e. The van der Waals surface area contributed by atoms with Gasteiger partial charge in [0, 0.05) is 32.4 Å². The molecule has 1 heterocycles. The number of anilines is 1. The molecule has 1 aromatic rings. The van der Waals surface area contributed by atoms with Crippen LogP contribution in [-0.4, -0.2) is 61.0 Å². The summed E-state index contributed by atoms with van der Waals surface area (Å²) >= 11 is 0. The zero-order valence-electron chi connectivity index (χ0n) is 14.6. The maximum absolute atomic E-state index is 12.8. The minimum Gasteiger partial charge on any atom is -0.372 e. The van der Waals surface area contributed by atoms with Gasteiger partial charge in [0.15, 0.2) is 0 Å². The Bertz CT molecular complexity index is 560. The lowest BCUT2D eigenvalue weighted by molar-refractivity contribution is 0.0727. The summed E-state index contributed by atoms with van der Waals surface area (Å²) in [5.41, 5.74) is 0.667. The van der Waals surface area contributed by atoms with Crippen LogP contribution < -0.4 is 5.32 Å². The molecule has 126 valence electrons. The van der Waals surface area contributed by atoms with Gasteiger partial charge in [0.25, 0.3) is 5.91 Å². The molecule has 4 atom stereocenters. The number of amides is 1. The lowest BCUT2D eigenvalue weighted by atomic mass is 10.0. The molecule has 23 heavy (non-hydrogen) atoms. The zero-order valence-corrected chi connectivity index (χ0v) is 14.6. The van der Waals surface area contributed by atoms with Crippen molar-refractivity contribution in [3.05, 3.63) is 23.9 Å². The highest BCUT2D eigenvalue weighted by Crippen LogP contribution is 2.46. The van der Waals surface area contributed by atoms with Gasteiger partial charge in [0.2, 0.25) is 0 Å². The van der Waals surface area contributed by atoms with E-state index in [1.807, 2.05) is 24.1 Å². The Balaban J connectivity index is 1.66. The van der Waals surface area contributed by atoms with Crippen LogP contribution in [0.1, 0.15) is 36.0 Å². The number of pyridine rings is 1. The Morgan fingerprint density at radius 2 is 1.74 bits per heavy atom. The van der Waals surface area contributed by atoms with Gasteiger partial charge in [-0.15, -0.1) is 0 Å². The molecule has 0 bridgehead atoms. The number of carbonyl (C=O) groups is 1. The highest BCUT2D eigenvalue weighted by molar-refractivity contribution is 5.98. The van der Waals surface area contributed by atoms with Gasteiger partial charge >= 0.3 is 0 Å². The lowest BCUT2D eigenvalue weighted by Crippen LogP contribution is -2.37. The summed E-state index contributed by atoms with van der Waals surface area (Å²) in [6.45, 7) is 0. The van der Waals surface area contributed by atoms with Crippen molar-refractivity contribution in [2.45, 2.75) is 37.8 Å². The fourth-order valence-electron chi connectivity index (χ4n) is 4.42. The second-order valence-corrected chi connectivity index (χ2v) is 7.30. The van der Waals surface area contributed by atoms with E-state index in [0.29, 0.717) is 17.4 Å². The van der Waals surface area contributed by atoms with Crippen LogP contribution >= 0.6 is 0 Å². The average molecular weight is 316 g/mol. The molecule has 0 spiro atoms. The van der Waals surface area contributed by atoms with E-state index in [1.54, 1.807) is 13.2 Å². The molecule has 1 amide bonds. The number of aromatic nitrogens is 1. The van der Waals surface area contributed by atoms with Crippen molar-refractivity contribution in [1.82, 2.24) is 14.8 Å². The third kappa shape index (κ3) is 3.07. The molecule has 0 aromatic carbocycles. The topological polar surface area (TPSA) is 48.5 Å². The minimum absolute atomic E-state index is 0.0802. The number of hydrogen-bond acceptors (Lipinski definition) is 4. The number of hydrogen-bond donors (Lipinski definition) is 1. The van der Waals surface area contributed by atoms with E-state index in [9.17, 15) is 4.79 Å². The Hall–Kier alpha value is -1.62. The first-order chi connectivity index (χ1) is 11.0. The summed E-state index contributed by atoms with van der Waals surface area (Å²) in [5, 5.41) is 3.02. The highest BCUT2D eigenvalue weighted by atomic mass is 16.2. The summed E-state index contributed by atoms with van der Waals surface area (Å²) in [6, 6.07) is 4.77. The summed E-state index contributed by atoms with van der Waals surface area (Å²) in [5.74, 6) is 2.30. The lowest BCUT2D eigenvalue weighted by Gasteiger charge is -2.27. The van der Waals surface area contributed by atoms with Crippen LogP contribution in [0.5, 0.6) is 0 Å². The van der Waals surface area contributed by atoms with Crippen LogP contribution in [0, 0.1) is 11.8 Å². The van der Waals surface area contributed by atoms with Gasteiger partial charge in [-0.3, -0.25) is 4.79 Å². The Kier molecular flexibility index (Phi) is 4.57. The molecule has 2 aliphatic carbocycles. The summed E-state index contributed by atoms with van der Waals surface area (Å²) < 4.78 is 0. The van der Waals surface area contributed by atoms with Crippen molar-refractivity contribution in [2.24, 2.45) is 11.8 Å². The van der Waals surface area contributed by atoms with Crippen LogP contribution in [0.25, 0.3) is 0 Å². The van der Waals surface area contributed by atoms with Crippen molar-refractivity contribution >= 4 is 11.7 Å². The largest absolute Gasteiger partial charge is 0.372 e. The predicted molar refractivity (Wildman–Crippen MR) is 92.6 cm³/mol. The van der Waals surface area contributed by atoms with E-state index in [0.717, 1.165) is 30.7 Å². The van der Waals surface area contributed by atoms with Crippen LogP contribution in [0.2, 0.25) is 0 Å². The summed E-state index contributed by atoms with van der Waals surface area (Å²) in [6.07, 6.45) is 6.57. The van der Waals surface area contributed by atoms with E-state index < -0.39 is 0 Å². The van der Waals surface area contributed by atoms with Crippen molar-refractivity contribution in [1.29, 1.82) is 0 Å². The Morgan fingerprint density at radius 1 is 1.13 bits per heavy atom. The van der Waals surface area contributed by atoms with E-state index in [2.05, 4.69) is 29.3 Å². The van der Waals surface area contributed by atoms with Gasteiger partial charge in [0.1, 0.15) is 5.82 Å². The number of rotatable bonds is 4. The summed E-state index contributed by atoms with van der Waals surface area (Å²) in [7, 11) is 8.12. The summed E-state index contributed by atoms with van der Waals surface area (Å²) in [4.78, 5) is 21.4. The monoisotopic (exact) mass is 316 g/mol. The fourth-order valence-corrected chi connectivity index (χ4v) is 4.42. The minimum atomic E-state index is 0.0802. The Labute approximate surface area is 139 Å². The molecule has 2 unspecified atom stereocenters. The van der Waals surface area contributed by atoms with Gasteiger partial charge in [-0.25, -0.2) is 4.98 Å². The molecule has 0 radical (unpaired) electrons. The molecule has 5 nitrogen and oxygen atoms in total. The number of fused-ring (bicyclic) bond motifs is 1. The van der Waals surface area contributed by atoms with E-state index in [1.165, 1.54) is 12.8 Å². The molecule has 3 rings (SSSR count). The van der Waals surface area contributed by atoms with Gasteiger partial charge in [-0.05, 0) is 63.7 Å². The van der Waals surface area contributed by atoms with Crippen molar-refractivity contribution in [3.8, 4) is 0 Å².